The second-order valence-corrected chi connectivity index (χ2v) is 11.2. The first-order valence-corrected chi connectivity index (χ1v) is 12.7. The highest BCUT2D eigenvalue weighted by Gasteiger charge is 2.54. The number of likely N-dealkylation sites (N-methyl/N-ethyl adjacent to an activating group) is 1. The highest BCUT2D eigenvalue weighted by atomic mass is 32.1. The van der Waals surface area contributed by atoms with Crippen molar-refractivity contribution in [2.24, 2.45) is 23.2 Å². The minimum absolute atomic E-state index is 0.00422. The number of rotatable bonds is 6. The summed E-state index contributed by atoms with van der Waals surface area (Å²) in [6.45, 7) is 10.5. The zero-order valence-electron chi connectivity index (χ0n) is 20.3. The molecule has 1 fully saturated rings. The average Bonchev–Trinajstić information content (AvgIpc) is 3.20. The lowest BCUT2D eigenvalue weighted by atomic mass is 9.53. The van der Waals surface area contributed by atoms with Crippen molar-refractivity contribution in [3.8, 4) is 0 Å². The minimum atomic E-state index is -0.588. The Hall–Kier alpha value is -2.58. The number of aromatic nitrogens is 2. The van der Waals surface area contributed by atoms with Crippen molar-refractivity contribution in [1.82, 2.24) is 14.9 Å². The van der Waals surface area contributed by atoms with Gasteiger partial charge in [0.2, 0.25) is 5.91 Å². The summed E-state index contributed by atoms with van der Waals surface area (Å²) in [6, 6.07) is 3.35. The number of amides is 2. The van der Waals surface area contributed by atoms with Crippen LogP contribution in [0.15, 0.2) is 37.2 Å². The zero-order chi connectivity index (χ0) is 24.6. The number of aliphatic hydroxyl groups is 1. The van der Waals surface area contributed by atoms with Gasteiger partial charge in [0.25, 0.3) is 5.91 Å². The second kappa shape index (κ2) is 9.58. The number of thiazole rings is 1. The molecule has 2 aliphatic carbocycles. The maximum absolute atomic E-state index is 12.9. The van der Waals surface area contributed by atoms with Crippen molar-refractivity contribution >= 4 is 28.3 Å². The van der Waals surface area contributed by atoms with Gasteiger partial charge in [-0.3, -0.25) is 19.9 Å². The fraction of sp³-hybridized carbons (Fsp3) is 0.538. The van der Waals surface area contributed by atoms with Gasteiger partial charge in [0, 0.05) is 48.3 Å². The van der Waals surface area contributed by atoms with Crippen LogP contribution in [0.5, 0.6) is 0 Å². The Morgan fingerprint density at radius 3 is 2.79 bits per heavy atom. The van der Waals surface area contributed by atoms with Gasteiger partial charge in [-0.1, -0.05) is 26.8 Å². The number of hydrogen-bond acceptors (Lipinski definition) is 6. The van der Waals surface area contributed by atoms with Crippen LogP contribution in [-0.4, -0.2) is 51.5 Å². The number of nitrogens with one attached hydrogen (secondary N) is 1. The molecule has 1 saturated carbocycles. The van der Waals surface area contributed by atoms with Crippen LogP contribution in [0, 0.1) is 23.2 Å². The molecule has 6 atom stereocenters. The Morgan fingerprint density at radius 1 is 1.41 bits per heavy atom. The maximum Gasteiger partial charge on any atom is 0.257 e. The molecule has 7 nitrogen and oxygen atoms in total. The van der Waals surface area contributed by atoms with Gasteiger partial charge in [-0.25, -0.2) is 4.98 Å². The van der Waals surface area contributed by atoms with E-state index in [1.54, 1.807) is 42.6 Å². The third-order valence-electron chi connectivity index (χ3n) is 7.90. The maximum atomic E-state index is 12.9. The number of anilines is 1. The van der Waals surface area contributed by atoms with Gasteiger partial charge >= 0.3 is 0 Å². The molecular weight excluding hydrogens is 448 g/mol. The molecule has 2 amide bonds. The predicted octanol–water partition coefficient (Wildman–Crippen LogP) is 4.12. The molecule has 2 N–H and O–H groups in total. The number of carbonyl (C=O) groups is 2. The first-order chi connectivity index (χ1) is 16.2. The normalized spacial score (nSPS) is 28.9. The van der Waals surface area contributed by atoms with Crippen molar-refractivity contribution < 1.29 is 14.7 Å². The standard InChI is InChI=1S/C26H34N4O3S/c1-6-13-30(5)24(33)15(2)18-7-10-26(4)14-19-21(16(3)20(26)22(18)31)28-25(34-19)29-23(32)17-8-11-27-12-9-17/h6,8-9,11-12,15-16,18,20,22,31H,1,7,10,13-14H2,2-5H3,(H,28,29,32)/t15-,16-,18?,20+,22-,26-/m0/s1. The molecule has 0 spiro atoms. The van der Waals surface area contributed by atoms with Crippen LogP contribution in [-0.2, 0) is 11.2 Å². The molecule has 0 radical (unpaired) electrons. The Morgan fingerprint density at radius 2 is 2.12 bits per heavy atom. The lowest BCUT2D eigenvalue weighted by Gasteiger charge is -2.53. The molecule has 0 aromatic carbocycles. The monoisotopic (exact) mass is 482 g/mol. The molecule has 8 heteroatoms. The van der Waals surface area contributed by atoms with Crippen LogP contribution in [0.25, 0.3) is 0 Å². The first kappa shape index (κ1) is 24.5. The van der Waals surface area contributed by atoms with Gasteiger partial charge in [-0.15, -0.1) is 17.9 Å². The Kier molecular flexibility index (Phi) is 6.92. The summed E-state index contributed by atoms with van der Waals surface area (Å²) in [7, 11) is 1.78. The quantitative estimate of drug-likeness (QED) is 0.604. The van der Waals surface area contributed by atoms with Gasteiger partial charge < -0.3 is 10.0 Å². The molecule has 2 aromatic rings. The zero-order valence-corrected chi connectivity index (χ0v) is 21.1. The predicted molar refractivity (Wildman–Crippen MR) is 134 cm³/mol. The van der Waals surface area contributed by atoms with Crippen molar-refractivity contribution in [2.45, 2.75) is 52.1 Å². The highest BCUT2D eigenvalue weighted by molar-refractivity contribution is 7.15. The van der Waals surface area contributed by atoms with Crippen LogP contribution >= 0.6 is 11.3 Å². The SMILES string of the molecule is C=CCN(C)C(=O)[C@@H](C)C1CC[C@@]2(C)Cc3sc(NC(=O)c4ccncc4)nc3[C@@H](C)[C@@H]2[C@H]1O. The summed E-state index contributed by atoms with van der Waals surface area (Å²) in [4.78, 5) is 37.1. The largest absolute Gasteiger partial charge is 0.392 e. The van der Waals surface area contributed by atoms with Gasteiger partial charge in [0.05, 0.1) is 11.8 Å². The molecule has 2 heterocycles. The van der Waals surface area contributed by atoms with E-state index in [9.17, 15) is 14.7 Å². The lowest BCUT2D eigenvalue weighted by molar-refractivity contribution is -0.143. The third kappa shape index (κ3) is 4.41. The summed E-state index contributed by atoms with van der Waals surface area (Å²) in [5, 5.41) is 15.1. The Labute approximate surface area is 205 Å². The van der Waals surface area contributed by atoms with Crippen LogP contribution in [0.1, 0.15) is 60.5 Å². The van der Waals surface area contributed by atoms with E-state index in [4.69, 9.17) is 4.98 Å². The molecule has 0 bridgehead atoms. The number of carbonyl (C=O) groups excluding carboxylic acids is 2. The van der Waals surface area contributed by atoms with Crippen LogP contribution in [0.3, 0.4) is 0 Å². The van der Waals surface area contributed by atoms with E-state index in [-0.39, 0.29) is 40.9 Å². The molecule has 2 aromatic heterocycles. The van der Waals surface area contributed by atoms with E-state index in [0.29, 0.717) is 17.2 Å². The number of pyridine rings is 1. The number of hydrogen-bond donors (Lipinski definition) is 2. The molecule has 34 heavy (non-hydrogen) atoms. The van der Waals surface area contributed by atoms with Crippen LogP contribution < -0.4 is 5.32 Å². The summed E-state index contributed by atoms with van der Waals surface area (Å²) in [5.74, 6) is -0.477. The smallest absolute Gasteiger partial charge is 0.257 e. The summed E-state index contributed by atoms with van der Waals surface area (Å²) >= 11 is 1.53. The van der Waals surface area contributed by atoms with Crippen LogP contribution in [0.4, 0.5) is 5.13 Å². The van der Waals surface area contributed by atoms with E-state index in [2.05, 4.69) is 30.7 Å². The first-order valence-electron chi connectivity index (χ1n) is 11.9. The second-order valence-electron chi connectivity index (χ2n) is 10.2. The lowest BCUT2D eigenvalue weighted by Crippen LogP contribution is -2.53. The summed E-state index contributed by atoms with van der Waals surface area (Å²) in [6.07, 6.45) is 6.90. The summed E-state index contributed by atoms with van der Waals surface area (Å²) in [5.41, 5.74) is 1.42. The molecular formula is C26H34N4O3S. The van der Waals surface area contributed by atoms with E-state index in [1.807, 2.05) is 6.92 Å². The molecule has 0 saturated heterocycles. The fourth-order valence-corrected chi connectivity index (χ4v) is 7.35. The third-order valence-corrected chi connectivity index (χ3v) is 8.88. The van der Waals surface area contributed by atoms with Crippen molar-refractivity contribution in [1.29, 1.82) is 0 Å². The average molecular weight is 483 g/mol. The van der Waals surface area contributed by atoms with Crippen molar-refractivity contribution in [3.63, 3.8) is 0 Å². The topological polar surface area (TPSA) is 95.4 Å². The fourth-order valence-electron chi connectivity index (χ4n) is 6.09. The van der Waals surface area contributed by atoms with Crippen molar-refractivity contribution in [3.05, 3.63) is 53.3 Å². The van der Waals surface area contributed by atoms with Gasteiger partial charge in [-0.05, 0) is 48.6 Å². The molecule has 0 aliphatic heterocycles. The van der Waals surface area contributed by atoms with E-state index >= 15 is 0 Å². The number of aliphatic hydroxyl groups excluding tert-OH is 1. The van der Waals surface area contributed by atoms with Gasteiger partial charge in [0.15, 0.2) is 5.13 Å². The Bertz CT molecular complexity index is 1070. The summed E-state index contributed by atoms with van der Waals surface area (Å²) < 4.78 is 0. The molecule has 2 aliphatic rings. The number of fused-ring (bicyclic) bond motifs is 2. The molecule has 1 unspecified atom stereocenters. The van der Waals surface area contributed by atoms with Gasteiger partial charge in [-0.2, -0.15) is 0 Å². The minimum Gasteiger partial charge on any atom is -0.392 e. The molecule has 4 rings (SSSR count). The van der Waals surface area contributed by atoms with E-state index < -0.39 is 6.10 Å². The van der Waals surface area contributed by atoms with Crippen molar-refractivity contribution in [2.75, 3.05) is 18.9 Å². The van der Waals surface area contributed by atoms with Gasteiger partial charge in [0.1, 0.15) is 0 Å². The molecule has 182 valence electrons. The Balaban J connectivity index is 1.55. The highest BCUT2D eigenvalue weighted by Crippen LogP contribution is 2.57. The van der Waals surface area contributed by atoms with E-state index in [1.165, 1.54) is 16.2 Å². The van der Waals surface area contributed by atoms with E-state index in [0.717, 1.165) is 25.0 Å². The van der Waals surface area contributed by atoms with Crippen LogP contribution in [0.2, 0.25) is 0 Å². The number of nitrogens with zero attached hydrogens (tertiary/aromatic N) is 3.